The van der Waals surface area contributed by atoms with Gasteiger partial charge in [0.25, 0.3) is 0 Å². The van der Waals surface area contributed by atoms with Crippen LogP contribution in [0.5, 0.6) is 0 Å². The monoisotopic (exact) mass is 312 g/mol. The molecule has 0 aliphatic rings. The van der Waals surface area contributed by atoms with Gasteiger partial charge in [0.05, 0.1) is 12.9 Å². The Morgan fingerprint density at radius 1 is 1.35 bits per heavy atom. The molecule has 0 aliphatic heterocycles. The minimum absolute atomic E-state index is 0.329. The summed E-state index contributed by atoms with van der Waals surface area (Å²) in [5.41, 5.74) is -0.345. The molecule has 1 aromatic heterocycles. The number of nitrogens with zero attached hydrogens (tertiary/aromatic N) is 2. The minimum Gasteiger partial charge on any atom is -0.383 e. The van der Waals surface area contributed by atoms with Crippen molar-refractivity contribution >= 4 is 23.2 Å². The first-order valence-corrected chi connectivity index (χ1v) is 7.30. The Labute approximate surface area is 129 Å². The molecule has 1 heterocycles. The summed E-state index contributed by atoms with van der Waals surface area (Å²) in [7, 11) is 0. The fourth-order valence-corrected chi connectivity index (χ4v) is 3.07. The molecule has 0 saturated heterocycles. The number of benzene rings is 1. The smallest absolute Gasteiger partial charge is 0.109 e. The van der Waals surface area contributed by atoms with Gasteiger partial charge >= 0.3 is 0 Å². The van der Waals surface area contributed by atoms with Crippen LogP contribution in [0, 0.1) is 5.92 Å². The number of imidazole rings is 1. The molecular formula is C15H18Cl2N2O. The van der Waals surface area contributed by atoms with Crippen molar-refractivity contribution in [1.29, 1.82) is 0 Å². The van der Waals surface area contributed by atoms with Crippen molar-refractivity contribution in [3.05, 3.63) is 52.5 Å². The average molecular weight is 313 g/mol. The van der Waals surface area contributed by atoms with Gasteiger partial charge in [-0.3, -0.25) is 0 Å². The second-order valence-electron chi connectivity index (χ2n) is 5.49. The Morgan fingerprint density at radius 3 is 2.65 bits per heavy atom. The number of rotatable bonds is 5. The number of hydrogen-bond donors (Lipinski definition) is 1. The lowest BCUT2D eigenvalue weighted by Crippen LogP contribution is -2.33. The van der Waals surface area contributed by atoms with Gasteiger partial charge in [-0.2, -0.15) is 0 Å². The summed E-state index contributed by atoms with van der Waals surface area (Å²) in [5.74, 6) is 0.329. The second-order valence-corrected chi connectivity index (χ2v) is 6.33. The van der Waals surface area contributed by atoms with Crippen LogP contribution in [0.1, 0.15) is 25.8 Å². The normalized spacial score (nSPS) is 14.5. The zero-order valence-electron chi connectivity index (χ0n) is 11.6. The first-order chi connectivity index (χ1) is 9.40. The highest BCUT2D eigenvalue weighted by Crippen LogP contribution is 2.36. The molecule has 1 unspecified atom stereocenters. The van der Waals surface area contributed by atoms with E-state index in [1.54, 1.807) is 30.7 Å². The van der Waals surface area contributed by atoms with Gasteiger partial charge in [-0.1, -0.05) is 43.1 Å². The summed E-state index contributed by atoms with van der Waals surface area (Å²) in [6.07, 6.45) is 5.82. The van der Waals surface area contributed by atoms with Gasteiger partial charge in [0, 0.05) is 28.0 Å². The van der Waals surface area contributed by atoms with Crippen molar-refractivity contribution in [3.63, 3.8) is 0 Å². The molecule has 3 nitrogen and oxygen atoms in total. The van der Waals surface area contributed by atoms with E-state index in [0.717, 1.165) is 0 Å². The van der Waals surface area contributed by atoms with E-state index in [2.05, 4.69) is 18.8 Å². The maximum absolute atomic E-state index is 11.1. The lowest BCUT2D eigenvalue weighted by atomic mass is 9.85. The van der Waals surface area contributed by atoms with Crippen molar-refractivity contribution in [2.24, 2.45) is 5.92 Å². The van der Waals surface area contributed by atoms with Crippen molar-refractivity contribution in [2.75, 3.05) is 0 Å². The van der Waals surface area contributed by atoms with Crippen LogP contribution < -0.4 is 0 Å². The summed E-state index contributed by atoms with van der Waals surface area (Å²) < 4.78 is 1.85. The van der Waals surface area contributed by atoms with Gasteiger partial charge in [0.15, 0.2) is 0 Å². The molecule has 1 N–H and O–H groups in total. The van der Waals surface area contributed by atoms with E-state index in [-0.39, 0.29) is 0 Å². The van der Waals surface area contributed by atoms with Crippen LogP contribution in [0.2, 0.25) is 10.0 Å². The zero-order valence-corrected chi connectivity index (χ0v) is 13.1. The molecule has 1 atom stereocenters. The molecule has 0 spiro atoms. The maximum atomic E-state index is 11.1. The Bertz CT molecular complexity index is 569. The first-order valence-electron chi connectivity index (χ1n) is 6.54. The van der Waals surface area contributed by atoms with Crippen molar-refractivity contribution < 1.29 is 5.11 Å². The molecule has 1 aromatic carbocycles. The minimum atomic E-state index is -1.05. The van der Waals surface area contributed by atoms with Crippen LogP contribution in [0.25, 0.3) is 0 Å². The van der Waals surface area contributed by atoms with Gasteiger partial charge < -0.3 is 9.67 Å². The summed E-state index contributed by atoms with van der Waals surface area (Å²) >= 11 is 12.2. The Morgan fingerprint density at radius 2 is 2.10 bits per heavy atom. The van der Waals surface area contributed by atoms with E-state index in [4.69, 9.17) is 23.2 Å². The van der Waals surface area contributed by atoms with E-state index in [1.807, 2.05) is 10.8 Å². The van der Waals surface area contributed by atoms with Crippen LogP contribution in [0.4, 0.5) is 0 Å². The fraction of sp³-hybridized carbons (Fsp3) is 0.400. The highest BCUT2D eigenvalue weighted by Gasteiger charge is 2.32. The van der Waals surface area contributed by atoms with E-state index >= 15 is 0 Å². The van der Waals surface area contributed by atoms with Crippen LogP contribution in [-0.4, -0.2) is 14.7 Å². The Hall–Kier alpha value is -1.03. The predicted octanol–water partition coefficient (Wildman–Crippen LogP) is 4.12. The Balaban J connectivity index is 2.39. The quantitative estimate of drug-likeness (QED) is 0.901. The standard InChI is InChI=1S/C15H18Cl2N2O/c1-11(2)8-15(20,9-19-6-5-18-10-19)13-4-3-12(16)7-14(13)17/h3-7,10-11,20H,8-9H2,1-2H3. The molecule has 0 saturated carbocycles. The summed E-state index contributed by atoms with van der Waals surface area (Å²) in [6, 6.07) is 5.21. The summed E-state index contributed by atoms with van der Waals surface area (Å²) in [6.45, 7) is 4.55. The third-order valence-electron chi connectivity index (χ3n) is 3.18. The summed E-state index contributed by atoms with van der Waals surface area (Å²) in [4.78, 5) is 4.01. The highest BCUT2D eigenvalue weighted by atomic mass is 35.5. The maximum Gasteiger partial charge on any atom is 0.109 e. The van der Waals surface area contributed by atoms with E-state index in [0.29, 0.717) is 34.5 Å². The Kier molecular flexibility index (Phi) is 4.74. The van der Waals surface area contributed by atoms with Crippen LogP contribution in [0.3, 0.4) is 0 Å². The molecule has 5 heteroatoms. The topological polar surface area (TPSA) is 38.0 Å². The summed E-state index contributed by atoms with van der Waals surface area (Å²) in [5, 5.41) is 12.2. The molecule has 0 aliphatic carbocycles. The molecule has 0 amide bonds. The molecule has 2 aromatic rings. The van der Waals surface area contributed by atoms with Crippen LogP contribution in [0.15, 0.2) is 36.9 Å². The number of aromatic nitrogens is 2. The lowest BCUT2D eigenvalue weighted by Gasteiger charge is -2.31. The first kappa shape index (κ1) is 15.4. The van der Waals surface area contributed by atoms with Gasteiger partial charge in [-0.15, -0.1) is 0 Å². The molecule has 20 heavy (non-hydrogen) atoms. The molecule has 2 rings (SSSR count). The molecule has 0 radical (unpaired) electrons. The molecule has 0 fully saturated rings. The van der Waals surface area contributed by atoms with Crippen molar-refractivity contribution in [3.8, 4) is 0 Å². The van der Waals surface area contributed by atoms with Crippen LogP contribution >= 0.6 is 23.2 Å². The van der Waals surface area contributed by atoms with Crippen LogP contribution in [-0.2, 0) is 12.1 Å². The SMILES string of the molecule is CC(C)CC(O)(Cn1ccnc1)c1ccc(Cl)cc1Cl. The molecule has 108 valence electrons. The number of halogens is 2. The van der Waals surface area contributed by atoms with E-state index < -0.39 is 5.60 Å². The third-order valence-corrected chi connectivity index (χ3v) is 3.73. The fourth-order valence-electron chi connectivity index (χ4n) is 2.48. The molecular weight excluding hydrogens is 295 g/mol. The van der Waals surface area contributed by atoms with E-state index in [1.165, 1.54) is 0 Å². The molecule has 0 bridgehead atoms. The highest BCUT2D eigenvalue weighted by molar-refractivity contribution is 6.35. The third kappa shape index (κ3) is 3.54. The van der Waals surface area contributed by atoms with E-state index in [9.17, 15) is 5.11 Å². The number of aliphatic hydroxyl groups is 1. The van der Waals surface area contributed by atoms with Gasteiger partial charge in [0.2, 0.25) is 0 Å². The van der Waals surface area contributed by atoms with Gasteiger partial charge in [0.1, 0.15) is 5.60 Å². The largest absolute Gasteiger partial charge is 0.383 e. The lowest BCUT2D eigenvalue weighted by molar-refractivity contribution is -0.00171. The van der Waals surface area contributed by atoms with Gasteiger partial charge in [-0.25, -0.2) is 4.98 Å². The second kappa shape index (κ2) is 6.17. The van der Waals surface area contributed by atoms with Gasteiger partial charge in [-0.05, 0) is 24.5 Å². The average Bonchev–Trinajstić information content (AvgIpc) is 2.79. The van der Waals surface area contributed by atoms with Crippen molar-refractivity contribution in [1.82, 2.24) is 9.55 Å². The predicted molar refractivity (Wildman–Crippen MR) is 82.0 cm³/mol. The zero-order chi connectivity index (χ0) is 14.8. The van der Waals surface area contributed by atoms with Crippen molar-refractivity contribution in [2.45, 2.75) is 32.4 Å². The number of hydrogen-bond acceptors (Lipinski definition) is 2.